The normalized spacial score (nSPS) is 13.4. The minimum absolute atomic E-state index is 0.0213. The highest BCUT2D eigenvalue weighted by Crippen LogP contribution is 2.64. The first-order valence-corrected chi connectivity index (χ1v) is 11.7. The van der Waals surface area contributed by atoms with Crippen LogP contribution >= 0.6 is 7.60 Å². The largest absolute Gasteiger partial charge is 0.504 e. The number of pyridine rings is 1. The van der Waals surface area contributed by atoms with Gasteiger partial charge in [0.2, 0.25) is 5.88 Å². The van der Waals surface area contributed by atoms with Crippen LogP contribution in [0.15, 0.2) is 30.5 Å². The second kappa shape index (κ2) is 9.61. The van der Waals surface area contributed by atoms with Crippen LogP contribution in [0.3, 0.4) is 0 Å². The van der Waals surface area contributed by atoms with Crippen LogP contribution in [0.4, 0.5) is 5.69 Å². The minimum Gasteiger partial charge on any atom is -0.504 e. The first kappa shape index (κ1) is 23.9. The van der Waals surface area contributed by atoms with E-state index in [1.807, 2.05) is 45.8 Å². The van der Waals surface area contributed by atoms with Crippen molar-refractivity contribution in [3.05, 3.63) is 36.0 Å². The van der Waals surface area contributed by atoms with Crippen molar-refractivity contribution in [2.75, 3.05) is 26.1 Å². The van der Waals surface area contributed by atoms with Gasteiger partial charge in [-0.25, -0.2) is 9.55 Å². The molecule has 1 N–H and O–H groups in total. The van der Waals surface area contributed by atoms with Crippen LogP contribution in [0.25, 0.3) is 0 Å². The van der Waals surface area contributed by atoms with Gasteiger partial charge in [-0.2, -0.15) is 0 Å². The number of hydrogen-bond acceptors (Lipinski definition) is 7. The van der Waals surface area contributed by atoms with E-state index in [0.29, 0.717) is 36.3 Å². The fraction of sp³-hybridized carbons (Fsp3) is 0.500. The van der Waals surface area contributed by atoms with Crippen molar-refractivity contribution in [2.24, 2.45) is 0 Å². The summed E-state index contributed by atoms with van der Waals surface area (Å²) in [5, 5.41) is 9.45. The lowest BCUT2D eigenvalue weighted by Gasteiger charge is -2.37. The number of hydrogen-bond donors (Lipinski definition) is 1. The standard InChI is InChI=1S/C22H33N2O5P/c1-8-22(9-2,10-3)30(26,29-21-18(24(5)6)12-11-13-23-21)28-17-14-16(4)20(25)19(15-17)27-7/h11-15,25H,8-10H2,1-7H3. The fourth-order valence-corrected chi connectivity index (χ4v) is 5.85. The van der Waals surface area contributed by atoms with E-state index < -0.39 is 12.8 Å². The van der Waals surface area contributed by atoms with Crippen molar-refractivity contribution in [1.82, 2.24) is 4.98 Å². The molecular weight excluding hydrogens is 403 g/mol. The molecular formula is C22H33N2O5P. The van der Waals surface area contributed by atoms with Crippen molar-refractivity contribution in [3.8, 4) is 23.1 Å². The summed E-state index contributed by atoms with van der Waals surface area (Å²) in [5.41, 5.74) is 1.26. The van der Waals surface area contributed by atoms with E-state index in [4.69, 9.17) is 13.8 Å². The third kappa shape index (κ3) is 4.51. The average Bonchev–Trinajstić information content (AvgIpc) is 2.72. The summed E-state index contributed by atoms with van der Waals surface area (Å²) < 4.78 is 32.0. The van der Waals surface area contributed by atoms with Gasteiger partial charge in [0.05, 0.1) is 18.0 Å². The van der Waals surface area contributed by atoms with Gasteiger partial charge in [-0.1, -0.05) is 20.8 Å². The van der Waals surface area contributed by atoms with Crippen molar-refractivity contribution < 1.29 is 23.5 Å². The summed E-state index contributed by atoms with van der Waals surface area (Å²) in [6, 6.07) is 6.81. The first-order valence-electron chi connectivity index (χ1n) is 10.2. The van der Waals surface area contributed by atoms with Crippen LogP contribution in [-0.4, -0.2) is 36.5 Å². The van der Waals surface area contributed by atoms with E-state index in [1.165, 1.54) is 13.2 Å². The van der Waals surface area contributed by atoms with Gasteiger partial charge in [0, 0.05) is 26.4 Å². The van der Waals surface area contributed by atoms with Crippen LogP contribution < -0.4 is 18.7 Å². The van der Waals surface area contributed by atoms with Gasteiger partial charge in [-0.15, -0.1) is 0 Å². The van der Waals surface area contributed by atoms with Gasteiger partial charge in [0.1, 0.15) is 5.75 Å². The molecule has 0 aliphatic rings. The van der Waals surface area contributed by atoms with E-state index in [2.05, 4.69) is 4.98 Å². The molecule has 0 saturated carbocycles. The quantitative estimate of drug-likeness (QED) is 0.472. The van der Waals surface area contributed by atoms with Crippen LogP contribution in [0.1, 0.15) is 45.6 Å². The Morgan fingerprint density at radius 2 is 1.77 bits per heavy atom. The molecule has 7 nitrogen and oxygen atoms in total. The smallest absolute Gasteiger partial charge is 0.438 e. The molecule has 2 aromatic rings. The van der Waals surface area contributed by atoms with E-state index in [-0.39, 0.29) is 17.4 Å². The molecule has 166 valence electrons. The van der Waals surface area contributed by atoms with Gasteiger partial charge in [-0.3, -0.25) is 0 Å². The second-order valence-electron chi connectivity index (χ2n) is 7.48. The van der Waals surface area contributed by atoms with E-state index in [9.17, 15) is 9.67 Å². The molecule has 30 heavy (non-hydrogen) atoms. The topological polar surface area (TPSA) is 81.1 Å². The van der Waals surface area contributed by atoms with Crippen LogP contribution in [0, 0.1) is 6.92 Å². The maximum atomic E-state index is 14.4. The SMILES string of the molecule is CCC(CC)(CC)P(=O)(Oc1cc(C)c(O)c(OC)c1)Oc1ncccc1N(C)C. The molecule has 0 fully saturated rings. The number of aromatic nitrogens is 1. The molecule has 0 radical (unpaired) electrons. The molecule has 2 rings (SSSR count). The number of phenolic OH excluding ortho intramolecular Hbond substituents is 1. The summed E-state index contributed by atoms with van der Waals surface area (Å²) in [4.78, 5) is 6.18. The molecule has 0 aliphatic heterocycles. The van der Waals surface area contributed by atoms with Crippen LogP contribution in [0.2, 0.25) is 0 Å². The molecule has 8 heteroatoms. The number of ether oxygens (including phenoxy) is 1. The number of aryl methyl sites for hydroxylation is 1. The van der Waals surface area contributed by atoms with Crippen molar-refractivity contribution in [3.63, 3.8) is 0 Å². The molecule has 1 heterocycles. The summed E-state index contributed by atoms with van der Waals surface area (Å²) in [6.45, 7) is 7.69. The Hall–Kier alpha value is -2.40. The molecule has 1 aromatic carbocycles. The number of phenols is 1. The van der Waals surface area contributed by atoms with Crippen molar-refractivity contribution >= 4 is 13.3 Å². The number of nitrogens with zero attached hydrogens (tertiary/aromatic N) is 2. The first-order chi connectivity index (χ1) is 14.2. The molecule has 1 aromatic heterocycles. The van der Waals surface area contributed by atoms with Gasteiger partial charge in [-0.05, 0) is 49.9 Å². The maximum Gasteiger partial charge on any atom is 0.438 e. The number of benzene rings is 1. The average molecular weight is 436 g/mol. The van der Waals surface area contributed by atoms with E-state index in [0.717, 1.165) is 0 Å². The molecule has 0 saturated heterocycles. The fourth-order valence-electron chi connectivity index (χ4n) is 3.51. The summed E-state index contributed by atoms with van der Waals surface area (Å²) >= 11 is 0. The molecule has 0 amide bonds. The van der Waals surface area contributed by atoms with Crippen molar-refractivity contribution in [1.29, 1.82) is 0 Å². The molecule has 0 spiro atoms. The molecule has 0 aliphatic carbocycles. The van der Waals surface area contributed by atoms with Crippen molar-refractivity contribution in [2.45, 2.75) is 52.1 Å². The molecule has 1 atom stereocenters. The number of aromatic hydroxyl groups is 1. The minimum atomic E-state index is -3.76. The lowest BCUT2D eigenvalue weighted by atomic mass is 9.99. The Kier molecular flexibility index (Phi) is 7.64. The van der Waals surface area contributed by atoms with Gasteiger partial charge < -0.3 is 23.8 Å². The Balaban J connectivity index is 2.62. The van der Waals surface area contributed by atoms with E-state index in [1.54, 1.807) is 25.3 Å². The summed E-state index contributed by atoms with van der Waals surface area (Å²) in [7, 11) is 1.44. The monoisotopic (exact) mass is 436 g/mol. The lowest BCUT2D eigenvalue weighted by molar-refractivity contribution is 0.316. The maximum absolute atomic E-state index is 14.4. The predicted molar refractivity (Wildman–Crippen MR) is 120 cm³/mol. The molecule has 1 unspecified atom stereocenters. The van der Waals surface area contributed by atoms with Crippen LogP contribution in [-0.2, 0) is 4.57 Å². The van der Waals surface area contributed by atoms with Crippen LogP contribution in [0.5, 0.6) is 23.1 Å². The van der Waals surface area contributed by atoms with Gasteiger partial charge in [0.25, 0.3) is 0 Å². The Labute approximate surface area is 179 Å². The number of rotatable bonds is 10. The second-order valence-corrected chi connectivity index (χ2v) is 9.79. The number of anilines is 1. The zero-order valence-corrected chi connectivity index (χ0v) is 19.8. The lowest BCUT2D eigenvalue weighted by Crippen LogP contribution is -2.31. The van der Waals surface area contributed by atoms with Gasteiger partial charge in [0.15, 0.2) is 11.5 Å². The number of methoxy groups -OCH3 is 1. The van der Waals surface area contributed by atoms with E-state index >= 15 is 0 Å². The summed E-state index contributed by atoms with van der Waals surface area (Å²) in [6.07, 6.45) is 3.42. The zero-order valence-electron chi connectivity index (χ0n) is 18.9. The zero-order chi connectivity index (χ0) is 22.5. The molecule has 0 bridgehead atoms. The third-order valence-electron chi connectivity index (χ3n) is 5.68. The highest BCUT2D eigenvalue weighted by Gasteiger charge is 2.51. The predicted octanol–water partition coefficient (Wildman–Crippen LogP) is 5.79. The summed E-state index contributed by atoms with van der Waals surface area (Å²) in [5.74, 6) is 0.840. The highest BCUT2D eigenvalue weighted by atomic mass is 31.2. The van der Waals surface area contributed by atoms with Gasteiger partial charge >= 0.3 is 7.60 Å². The Morgan fingerprint density at radius 1 is 1.13 bits per heavy atom. The highest BCUT2D eigenvalue weighted by molar-refractivity contribution is 7.56. The third-order valence-corrected chi connectivity index (χ3v) is 8.65. The Morgan fingerprint density at radius 3 is 2.30 bits per heavy atom. The Bertz CT molecular complexity index is 904.